The van der Waals surface area contributed by atoms with Crippen molar-refractivity contribution in [2.75, 3.05) is 4.43 Å². The van der Waals surface area contributed by atoms with Crippen LogP contribution in [-0.2, 0) is 0 Å². The van der Waals surface area contributed by atoms with Gasteiger partial charge in [0.25, 0.3) is 0 Å². The maximum atomic E-state index is 2.50. The summed E-state index contributed by atoms with van der Waals surface area (Å²) in [6.07, 6.45) is 52.0. The summed E-state index contributed by atoms with van der Waals surface area (Å²) in [5.74, 6) is 0. The van der Waals surface area contributed by atoms with E-state index in [2.05, 4.69) is 29.5 Å². The van der Waals surface area contributed by atoms with E-state index in [4.69, 9.17) is 0 Å². The quantitative estimate of drug-likeness (QED) is 0.0365. The first-order valence-corrected chi connectivity index (χ1v) is 20.0. The SMILES string of the molecule is CCCCCCCCCCCCCCCCCCCCCCCCCCCCCCCCCCCCCI. The van der Waals surface area contributed by atoms with Crippen LogP contribution in [-0.4, -0.2) is 4.43 Å². The van der Waals surface area contributed by atoms with Gasteiger partial charge < -0.3 is 0 Å². The molecule has 0 N–H and O–H groups in total. The van der Waals surface area contributed by atoms with Gasteiger partial charge in [-0.1, -0.05) is 248 Å². The number of alkyl halides is 1. The second-order valence-electron chi connectivity index (χ2n) is 12.7. The van der Waals surface area contributed by atoms with Crippen molar-refractivity contribution in [2.24, 2.45) is 0 Å². The topological polar surface area (TPSA) is 0 Å². The Hall–Kier alpha value is 0.730. The first-order valence-electron chi connectivity index (χ1n) is 18.5. The standard InChI is InChI=1S/C37H75I/c1-2-3-4-5-6-7-8-9-10-11-12-13-14-15-16-17-18-19-20-21-22-23-24-25-26-27-28-29-30-31-32-33-34-35-36-37-38/h2-37H2,1H3. The molecular formula is C37H75I. The van der Waals surface area contributed by atoms with Crippen LogP contribution in [0.4, 0.5) is 0 Å². The van der Waals surface area contributed by atoms with E-state index >= 15 is 0 Å². The summed E-state index contributed by atoms with van der Waals surface area (Å²) in [5, 5.41) is 0. The van der Waals surface area contributed by atoms with E-state index in [1.807, 2.05) is 0 Å². The lowest BCUT2D eigenvalue weighted by Gasteiger charge is -2.05. The zero-order valence-corrected chi connectivity index (χ0v) is 29.0. The summed E-state index contributed by atoms with van der Waals surface area (Å²) in [6, 6.07) is 0. The molecular weight excluding hydrogens is 571 g/mol. The molecule has 0 amide bonds. The lowest BCUT2D eigenvalue weighted by atomic mass is 10.0. The van der Waals surface area contributed by atoms with Crippen LogP contribution >= 0.6 is 22.6 Å². The van der Waals surface area contributed by atoms with Crippen molar-refractivity contribution in [1.29, 1.82) is 0 Å². The Morgan fingerprint density at radius 3 is 0.474 bits per heavy atom. The molecule has 0 heterocycles. The van der Waals surface area contributed by atoms with E-state index in [-0.39, 0.29) is 0 Å². The molecule has 0 bridgehead atoms. The predicted octanol–water partition coefficient (Wildman–Crippen LogP) is 15.1. The zero-order chi connectivity index (χ0) is 27.5. The smallest absolute Gasteiger partial charge is 0.000473 e. The molecule has 0 aliphatic rings. The molecule has 1 heteroatoms. The zero-order valence-electron chi connectivity index (χ0n) is 26.8. The van der Waals surface area contributed by atoms with E-state index in [1.165, 1.54) is 229 Å². The van der Waals surface area contributed by atoms with Gasteiger partial charge in [-0.25, -0.2) is 0 Å². The Balaban J connectivity index is 3.01. The molecule has 0 aliphatic heterocycles. The Labute approximate surface area is 257 Å². The molecule has 230 valence electrons. The summed E-state index contributed by atoms with van der Waals surface area (Å²) in [6.45, 7) is 2.31. The minimum absolute atomic E-state index is 1.34. The summed E-state index contributed by atoms with van der Waals surface area (Å²) >= 11 is 2.50. The van der Waals surface area contributed by atoms with E-state index in [9.17, 15) is 0 Å². The lowest BCUT2D eigenvalue weighted by molar-refractivity contribution is 0.511. The van der Waals surface area contributed by atoms with Crippen LogP contribution in [0, 0.1) is 0 Å². The molecule has 0 fully saturated rings. The van der Waals surface area contributed by atoms with Crippen LogP contribution in [0.15, 0.2) is 0 Å². The summed E-state index contributed by atoms with van der Waals surface area (Å²) in [5.41, 5.74) is 0. The predicted molar refractivity (Wildman–Crippen MR) is 186 cm³/mol. The molecule has 0 atom stereocenters. The van der Waals surface area contributed by atoms with Gasteiger partial charge in [0, 0.05) is 0 Å². The van der Waals surface area contributed by atoms with Crippen molar-refractivity contribution < 1.29 is 0 Å². The number of unbranched alkanes of at least 4 members (excludes halogenated alkanes) is 34. The number of rotatable bonds is 35. The molecule has 0 aliphatic carbocycles. The fraction of sp³-hybridized carbons (Fsp3) is 1.00. The van der Waals surface area contributed by atoms with Crippen molar-refractivity contribution in [3.05, 3.63) is 0 Å². The van der Waals surface area contributed by atoms with Crippen molar-refractivity contribution >= 4 is 22.6 Å². The van der Waals surface area contributed by atoms with Crippen LogP contribution < -0.4 is 0 Å². The maximum Gasteiger partial charge on any atom is -0.000473 e. The lowest BCUT2D eigenvalue weighted by Crippen LogP contribution is -1.85. The summed E-state index contributed by atoms with van der Waals surface area (Å²) < 4.78 is 1.34. The fourth-order valence-corrected chi connectivity index (χ4v) is 6.54. The molecule has 0 nitrogen and oxygen atoms in total. The first kappa shape index (κ1) is 38.7. The van der Waals surface area contributed by atoms with Gasteiger partial charge in [0.05, 0.1) is 0 Å². The van der Waals surface area contributed by atoms with Gasteiger partial charge in [0.2, 0.25) is 0 Å². The van der Waals surface area contributed by atoms with E-state index in [0.29, 0.717) is 0 Å². The van der Waals surface area contributed by atoms with Gasteiger partial charge >= 0.3 is 0 Å². The highest BCUT2D eigenvalue weighted by molar-refractivity contribution is 14.1. The summed E-state index contributed by atoms with van der Waals surface area (Å²) in [7, 11) is 0. The van der Waals surface area contributed by atoms with Crippen LogP contribution in [0.1, 0.15) is 232 Å². The minimum Gasteiger partial charge on any atom is -0.0864 e. The van der Waals surface area contributed by atoms with Crippen LogP contribution in [0.2, 0.25) is 0 Å². The highest BCUT2D eigenvalue weighted by Gasteiger charge is 1.97. The first-order chi connectivity index (χ1) is 18.9. The Kier molecular flexibility index (Phi) is 38.5. The number of hydrogen-bond acceptors (Lipinski definition) is 0. The molecule has 0 rings (SSSR count). The third-order valence-electron chi connectivity index (χ3n) is 8.74. The molecule has 0 aromatic rings. The number of halogens is 1. The Morgan fingerprint density at radius 2 is 0.342 bits per heavy atom. The third-order valence-corrected chi connectivity index (χ3v) is 9.50. The highest BCUT2D eigenvalue weighted by atomic mass is 127. The average molecular weight is 647 g/mol. The molecule has 0 saturated heterocycles. The van der Waals surface area contributed by atoms with Crippen LogP contribution in [0.3, 0.4) is 0 Å². The minimum atomic E-state index is 1.34. The molecule has 38 heavy (non-hydrogen) atoms. The van der Waals surface area contributed by atoms with Crippen molar-refractivity contribution in [3.63, 3.8) is 0 Å². The van der Waals surface area contributed by atoms with Crippen molar-refractivity contribution in [3.8, 4) is 0 Å². The molecule has 0 radical (unpaired) electrons. The monoisotopic (exact) mass is 646 g/mol. The maximum absolute atomic E-state index is 2.50. The third kappa shape index (κ3) is 36.7. The van der Waals surface area contributed by atoms with Gasteiger partial charge in [-0.3, -0.25) is 0 Å². The van der Waals surface area contributed by atoms with Crippen molar-refractivity contribution in [2.45, 2.75) is 232 Å². The second kappa shape index (κ2) is 37.7. The normalized spacial score (nSPS) is 11.5. The van der Waals surface area contributed by atoms with Gasteiger partial charge in [0.15, 0.2) is 0 Å². The second-order valence-corrected chi connectivity index (χ2v) is 13.8. The van der Waals surface area contributed by atoms with Crippen LogP contribution in [0.25, 0.3) is 0 Å². The van der Waals surface area contributed by atoms with E-state index in [0.717, 1.165) is 0 Å². The Bertz CT molecular complexity index is 343. The fourth-order valence-electron chi connectivity index (χ4n) is 6.00. The number of hydrogen-bond donors (Lipinski definition) is 0. The molecule has 0 spiro atoms. The van der Waals surface area contributed by atoms with Gasteiger partial charge in [-0.15, -0.1) is 0 Å². The largest absolute Gasteiger partial charge is 0.0864 e. The molecule has 0 aromatic carbocycles. The van der Waals surface area contributed by atoms with Crippen LogP contribution in [0.5, 0.6) is 0 Å². The van der Waals surface area contributed by atoms with Gasteiger partial charge in [0.1, 0.15) is 0 Å². The molecule has 0 aromatic heterocycles. The van der Waals surface area contributed by atoms with Gasteiger partial charge in [-0.2, -0.15) is 0 Å². The highest BCUT2D eigenvalue weighted by Crippen LogP contribution is 2.17. The van der Waals surface area contributed by atoms with Crippen molar-refractivity contribution in [1.82, 2.24) is 0 Å². The Morgan fingerprint density at radius 1 is 0.211 bits per heavy atom. The summed E-state index contributed by atoms with van der Waals surface area (Å²) in [4.78, 5) is 0. The van der Waals surface area contributed by atoms with E-state index in [1.54, 1.807) is 0 Å². The average Bonchev–Trinajstić information content (AvgIpc) is 2.93. The molecule has 0 unspecified atom stereocenters. The van der Waals surface area contributed by atoms with E-state index < -0.39 is 0 Å². The molecule has 0 saturated carbocycles. The van der Waals surface area contributed by atoms with Gasteiger partial charge in [-0.05, 0) is 10.8 Å².